The van der Waals surface area contributed by atoms with Gasteiger partial charge in [-0.05, 0) is 93.7 Å². The van der Waals surface area contributed by atoms with Crippen LogP contribution >= 0.6 is 23.2 Å². The predicted molar refractivity (Wildman–Crippen MR) is 189 cm³/mol. The van der Waals surface area contributed by atoms with Gasteiger partial charge in [-0.25, -0.2) is 14.4 Å². The third kappa shape index (κ3) is 10.4. The molecule has 0 spiro atoms. The summed E-state index contributed by atoms with van der Waals surface area (Å²) < 4.78 is 25.4. The molecular weight excluding hydrogens is 674 g/mol. The van der Waals surface area contributed by atoms with Gasteiger partial charge >= 0.3 is 0 Å². The minimum Gasteiger partial charge on any atom is -0.450 e. The Bertz CT molecular complexity index is 1710. The van der Waals surface area contributed by atoms with Crippen molar-refractivity contribution in [1.29, 1.82) is 0 Å². The topological polar surface area (TPSA) is 187 Å². The minimum atomic E-state index is -0.578. The van der Waals surface area contributed by atoms with Crippen LogP contribution in [0.4, 0.5) is 27.9 Å². The predicted octanol–water partition coefficient (Wildman–Crippen LogP) is 7.14. The number of hydrogen-bond donors (Lipinski definition) is 6. The number of nitrogen functional groups attached to an aromatic ring is 2. The number of hydrogen-bond acceptors (Lipinski definition) is 12. The van der Waals surface area contributed by atoms with Crippen LogP contribution in [-0.4, -0.2) is 54.4 Å². The Morgan fingerprint density at radius 1 is 0.735 bits per heavy atom. The van der Waals surface area contributed by atoms with Crippen LogP contribution in [0.3, 0.4) is 0 Å². The Hall–Kier alpha value is -4.17. The van der Waals surface area contributed by atoms with Gasteiger partial charge < -0.3 is 41.8 Å². The van der Waals surface area contributed by atoms with E-state index in [-0.39, 0.29) is 52.7 Å². The molecule has 4 aromatic rings. The summed E-state index contributed by atoms with van der Waals surface area (Å²) in [5.74, 6) is 1.97. The first-order chi connectivity index (χ1) is 23.6. The van der Waals surface area contributed by atoms with Gasteiger partial charge in [-0.15, -0.1) is 0 Å². The summed E-state index contributed by atoms with van der Waals surface area (Å²) >= 11 is 12.1. The highest BCUT2D eigenvalue weighted by Crippen LogP contribution is 2.35. The van der Waals surface area contributed by atoms with Gasteiger partial charge in [-0.2, -0.15) is 9.97 Å². The summed E-state index contributed by atoms with van der Waals surface area (Å²) in [6.45, 7) is 2.07. The molecule has 0 bridgehead atoms. The van der Waals surface area contributed by atoms with Crippen LogP contribution in [0.25, 0.3) is 0 Å². The van der Waals surface area contributed by atoms with Gasteiger partial charge in [-0.1, -0.05) is 36.2 Å². The van der Waals surface area contributed by atoms with E-state index in [1.54, 1.807) is 6.20 Å². The second-order valence-corrected chi connectivity index (χ2v) is 12.9. The Labute approximate surface area is 294 Å². The Morgan fingerprint density at radius 3 is 1.69 bits per heavy atom. The van der Waals surface area contributed by atoms with Crippen molar-refractivity contribution in [2.75, 3.05) is 22.1 Å². The lowest BCUT2D eigenvalue weighted by Crippen LogP contribution is -2.28. The molecule has 2 aromatic heterocycles. The molecule has 2 aliphatic carbocycles. The molecule has 15 heteroatoms. The summed E-state index contributed by atoms with van der Waals surface area (Å²) in [6.07, 6.45) is 9.75. The van der Waals surface area contributed by atoms with E-state index in [0.29, 0.717) is 28.2 Å². The van der Waals surface area contributed by atoms with Crippen LogP contribution in [-0.2, 0) is 6.42 Å². The van der Waals surface area contributed by atoms with Crippen LogP contribution in [0.2, 0.25) is 10.0 Å². The molecule has 49 heavy (non-hydrogen) atoms. The van der Waals surface area contributed by atoms with Crippen LogP contribution in [0, 0.1) is 5.82 Å². The smallest absolute Gasteiger partial charge is 0.222 e. The van der Waals surface area contributed by atoms with Gasteiger partial charge in [0.15, 0.2) is 34.7 Å². The maximum absolute atomic E-state index is 13.9. The van der Waals surface area contributed by atoms with Crippen LogP contribution < -0.4 is 31.6 Å². The number of halogens is 3. The third-order valence-corrected chi connectivity index (χ3v) is 8.89. The number of aryl methyl sites for hydroxylation is 1. The van der Waals surface area contributed by atoms with Gasteiger partial charge in [-0.3, -0.25) is 0 Å². The molecule has 2 saturated carbocycles. The molecule has 2 heterocycles. The van der Waals surface area contributed by atoms with Crippen LogP contribution in [0.1, 0.15) is 63.9 Å². The highest BCUT2D eigenvalue weighted by molar-refractivity contribution is 6.32. The number of benzene rings is 2. The molecule has 0 unspecified atom stereocenters. The van der Waals surface area contributed by atoms with E-state index < -0.39 is 5.82 Å². The monoisotopic (exact) mass is 714 g/mol. The molecule has 0 radical (unpaired) electrons. The lowest BCUT2D eigenvalue weighted by atomic mass is 9.93. The summed E-state index contributed by atoms with van der Waals surface area (Å²) in [4.78, 5) is 16.3. The zero-order valence-corrected chi connectivity index (χ0v) is 28.6. The van der Waals surface area contributed by atoms with Crippen molar-refractivity contribution in [1.82, 2.24) is 19.9 Å². The number of aliphatic hydroxyl groups is 2. The normalized spacial score (nSPS) is 20.4. The quantitative estimate of drug-likeness (QED) is 0.103. The van der Waals surface area contributed by atoms with E-state index in [1.165, 1.54) is 24.4 Å². The second kappa shape index (κ2) is 17.0. The van der Waals surface area contributed by atoms with E-state index >= 15 is 0 Å². The molecule has 12 nitrogen and oxygen atoms in total. The Morgan fingerprint density at radius 2 is 1.22 bits per heavy atom. The molecule has 2 aromatic carbocycles. The largest absolute Gasteiger partial charge is 0.450 e. The lowest BCUT2D eigenvalue weighted by Gasteiger charge is -2.27. The molecule has 262 valence electrons. The fourth-order valence-corrected chi connectivity index (χ4v) is 5.99. The maximum Gasteiger partial charge on any atom is 0.222 e. The van der Waals surface area contributed by atoms with Crippen molar-refractivity contribution < 1.29 is 24.1 Å². The molecule has 0 aliphatic heterocycles. The molecule has 0 atom stereocenters. The number of nitrogens with one attached hydrogen (secondary N) is 2. The average Bonchev–Trinajstić information content (AvgIpc) is 3.08. The van der Waals surface area contributed by atoms with Gasteiger partial charge in [0.05, 0.1) is 29.6 Å². The maximum atomic E-state index is 13.9. The number of aromatic nitrogens is 4. The van der Waals surface area contributed by atoms with Crippen molar-refractivity contribution >= 4 is 46.7 Å². The Kier molecular flexibility index (Phi) is 12.5. The van der Waals surface area contributed by atoms with Gasteiger partial charge in [0.2, 0.25) is 11.9 Å². The summed E-state index contributed by atoms with van der Waals surface area (Å²) in [5, 5.41) is 26.7. The van der Waals surface area contributed by atoms with Crippen LogP contribution in [0.15, 0.2) is 48.8 Å². The van der Waals surface area contributed by atoms with Crippen molar-refractivity contribution in [3.63, 3.8) is 0 Å². The molecular formula is C34H41Cl2FN8O4. The number of nitrogens with two attached hydrogens (primary N) is 2. The summed E-state index contributed by atoms with van der Waals surface area (Å²) in [5.41, 5.74) is 12.5. The van der Waals surface area contributed by atoms with Gasteiger partial charge in [0.25, 0.3) is 0 Å². The summed E-state index contributed by atoms with van der Waals surface area (Å²) in [7, 11) is 0. The highest BCUT2D eigenvalue weighted by Gasteiger charge is 2.23. The lowest BCUT2D eigenvalue weighted by molar-refractivity contribution is 0.125. The van der Waals surface area contributed by atoms with Crippen molar-refractivity contribution in [3.05, 3.63) is 70.2 Å². The number of nitrogens with zero attached hydrogens (tertiary/aromatic N) is 4. The van der Waals surface area contributed by atoms with Gasteiger partial charge in [0.1, 0.15) is 5.75 Å². The fourth-order valence-electron chi connectivity index (χ4n) is 5.59. The molecule has 2 fully saturated rings. The Balaban J connectivity index is 0.000000191. The van der Waals surface area contributed by atoms with Gasteiger partial charge in [0, 0.05) is 17.1 Å². The molecule has 0 amide bonds. The standard InChI is InChI=1S/C18H23ClN4O2.C16H18ClFN4O2/c1-2-11-3-8-15(14(19)9-11)25-16-10-21-18(20)23-17(16)22-12-4-6-13(24)7-5-12;17-9-1-6-13(12(18)7-9)24-14-8-20-16(19)22-15(14)21-10-2-4-11(23)5-3-10/h3,8-10,12-13,24H,2,4-7H2,1H3,(H3,20,21,22,23);1,6-8,10-11,23H,2-5H2,(H3,19,20,21,22)/t12-,13-;10-,11-. The minimum absolute atomic E-state index is 0.0230. The number of rotatable bonds is 9. The molecule has 0 saturated heterocycles. The van der Waals surface area contributed by atoms with E-state index in [0.717, 1.165) is 63.4 Å². The number of aliphatic hydroxyl groups excluding tert-OH is 2. The van der Waals surface area contributed by atoms with E-state index in [9.17, 15) is 14.6 Å². The first kappa shape index (κ1) is 36.1. The molecule has 8 N–H and O–H groups in total. The SMILES string of the molecule is CCc1ccc(Oc2cnc(N)nc2N[C@H]2CC[C@H](O)CC2)c(Cl)c1.Nc1ncc(Oc2ccc(Cl)cc2F)c(N[C@H]2CC[C@H](O)CC2)n1. The van der Waals surface area contributed by atoms with E-state index in [2.05, 4.69) is 37.5 Å². The zero-order valence-electron chi connectivity index (χ0n) is 27.1. The van der Waals surface area contributed by atoms with Crippen molar-refractivity contribution in [2.45, 2.75) is 89.0 Å². The third-order valence-electron chi connectivity index (χ3n) is 8.36. The number of ether oxygens (including phenoxy) is 2. The second-order valence-electron chi connectivity index (χ2n) is 12.1. The fraction of sp³-hybridized carbons (Fsp3) is 0.412. The molecule has 6 rings (SSSR count). The average molecular weight is 716 g/mol. The summed E-state index contributed by atoms with van der Waals surface area (Å²) in [6, 6.07) is 10.2. The number of anilines is 4. The molecule has 2 aliphatic rings. The zero-order chi connectivity index (χ0) is 34.9. The highest BCUT2D eigenvalue weighted by atomic mass is 35.5. The van der Waals surface area contributed by atoms with E-state index in [4.69, 9.17) is 44.1 Å². The van der Waals surface area contributed by atoms with Crippen molar-refractivity contribution in [2.24, 2.45) is 0 Å². The first-order valence-corrected chi connectivity index (χ1v) is 17.0. The first-order valence-electron chi connectivity index (χ1n) is 16.3. The van der Waals surface area contributed by atoms with E-state index in [1.807, 2.05) is 18.2 Å². The van der Waals surface area contributed by atoms with Crippen LogP contribution in [0.5, 0.6) is 23.0 Å². The van der Waals surface area contributed by atoms with Crippen molar-refractivity contribution in [3.8, 4) is 23.0 Å².